The minimum absolute atomic E-state index is 0.206. The molecule has 2 saturated heterocycles. The van der Waals surface area contributed by atoms with Gasteiger partial charge in [0.15, 0.2) is 0 Å². The van der Waals surface area contributed by atoms with Crippen molar-refractivity contribution in [1.29, 1.82) is 0 Å². The average molecular weight is 766 g/mol. The summed E-state index contributed by atoms with van der Waals surface area (Å²) in [6, 6.07) is 26.7. The van der Waals surface area contributed by atoms with E-state index in [9.17, 15) is 0 Å². The Kier molecular flexibility index (Phi) is 22.2. The molecule has 6 rings (SSSR count). The molecule has 0 amide bonds. The van der Waals surface area contributed by atoms with Gasteiger partial charge in [-0.15, -0.1) is 0 Å². The number of rotatable bonds is 9. The fourth-order valence-electron chi connectivity index (χ4n) is 7.98. The van der Waals surface area contributed by atoms with Crippen molar-refractivity contribution in [3.05, 3.63) is 131 Å². The molecule has 4 heteroatoms. The largest absolute Gasteiger partial charge is 0.488 e. The van der Waals surface area contributed by atoms with Crippen LogP contribution in [-0.2, 0) is 22.5 Å². The second kappa shape index (κ2) is 25.6. The van der Waals surface area contributed by atoms with Crippen LogP contribution in [0, 0.1) is 11.3 Å². The van der Waals surface area contributed by atoms with Gasteiger partial charge in [-0.3, -0.25) is 0 Å². The molecular weight excluding hydrogens is 687 g/mol. The normalized spacial score (nSPS) is 20.1. The Balaban J connectivity index is 0.000000991. The number of aryl methyl sites for hydroxylation is 1. The molecule has 2 heterocycles. The zero-order valence-electron chi connectivity index (χ0n) is 37.8. The second-order valence-electron chi connectivity index (χ2n) is 15.4. The van der Waals surface area contributed by atoms with Crippen LogP contribution in [0.1, 0.15) is 144 Å². The van der Waals surface area contributed by atoms with Crippen molar-refractivity contribution in [2.75, 3.05) is 31.2 Å². The molecule has 0 bridgehead atoms. The number of ether oxygens (including phenoxy) is 3. The topological polar surface area (TPSA) is 30.9 Å². The maximum Gasteiger partial charge on any atom is 0.120 e. The van der Waals surface area contributed by atoms with Crippen LogP contribution in [-0.4, -0.2) is 38.0 Å². The van der Waals surface area contributed by atoms with Crippen LogP contribution in [0.15, 0.2) is 109 Å². The Bertz CT molecular complexity index is 1570. The van der Waals surface area contributed by atoms with Gasteiger partial charge in [-0.25, -0.2) is 0 Å². The average Bonchev–Trinajstić information content (AvgIpc) is 3.63. The van der Waals surface area contributed by atoms with Crippen molar-refractivity contribution in [2.45, 2.75) is 146 Å². The van der Waals surface area contributed by atoms with Crippen molar-refractivity contribution in [1.82, 2.24) is 0 Å². The molecule has 1 spiro atoms. The molecule has 56 heavy (non-hydrogen) atoms. The third-order valence-corrected chi connectivity index (χ3v) is 10.6. The van der Waals surface area contributed by atoms with Crippen molar-refractivity contribution < 1.29 is 14.2 Å². The number of hydrogen-bond acceptors (Lipinski definition) is 4. The predicted molar refractivity (Wildman–Crippen MR) is 244 cm³/mol. The Morgan fingerprint density at radius 1 is 0.821 bits per heavy atom. The molecule has 310 valence electrons. The summed E-state index contributed by atoms with van der Waals surface area (Å²) in [5.74, 6) is 1.75. The summed E-state index contributed by atoms with van der Waals surface area (Å²) in [5, 5.41) is 0. The van der Waals surface area contributed by atoms with E-state index in [4.69, 9.17) is 14.2 Å². The van der Waals surface area contributed by atoms with Crippen molar-refractivity contribution in [2.24, 2.45) is 11.3 Å². The molecule has 1 aliphatic carbocycles. The highest BCUT2D eigenvalue weighted by Crippen LogP contribution is 2.47. The molecule has 3 atom stereocenters. The van der Waals surface area contributed by atoms with E-state index in [1.807, 2.05) is 73.6 Å². The first-order chi connectivity index (χ1) is 27.2. The first-order valence-corrected chi connectivity index (χ1v) is 21.9. The number of benzene rings is 3. The quantitative estimate of drug-likeness (QED) is 0.160. The molecule has 0 aromatic heterocycles. The van der Waals surface area contributed by atoms with Crippen molar-refractivity contribution in [3.8, 4) is 5.75 Å². The van der Waals surface area contributed by atoms with Gasteiger partial charge < -0.3 is 19.1 Å². The monoisotopic (exact) mass is 766 g/mol. The summed E-state index contributed by atoms with van der Waals surface area (Å²) in [5.41, 5.74) is 8.34. The number of piperidine rings is 1. The Hall–Kier alpha value is -3.60. The van der Waals surface area contributed by atoms with E-state index in [-0.39, 0.29) is 11.7 Å². The molecule has 2 fully saturated rings. The second-order valence-corrected chi connectivity index (χ2v) is 15.4. The third-order valence-electron chi connectivity index (χ3n) is 10.6. The van der Waals surface area contributed by atoms with Crippen LogP contribution in [0.2, 0.25) is 0 Å². The number of hydrogen-bond donors (Lipinski definition) is 0. The van der Waals surface area contributed by atoms with Crippen LogP contribution in [0.5, 0.6) is 5.75 Å². The maximum absolute atomic E-state index is 6.26. The van der Waals surface area contributed by atoms with Crippen LogP contribution in [0.4, 0.5) is 5.69 Å². The summed E-state index contributed by atoms with van der Waals surface area (Å²) < 4.78 is 18.6. The van der Waals surface area contributed by atoms with Gasteiger partial charge in [-0.05, 0) is 144 Å². The molecule has 4 nitrogen and oxygen atoms in total. The lowest BCUT2D eigenvalue weighted by Gasteiger charge is -2.40. The van der Waals surface area contributed by atoms with Crippen LogP contribution < -0.4 is 9.64 Å². The fourth-order valence-corrected chi connectivity index (χ4v) is 7.98. The SMILES string of the molecule is C/C=C\C.C/C=C\C(=C/C)C1CCc2cc(OC(C)(C)C)ccc2C1c1ccc(N2CCC3(CC2)COC(COCc2ccccc2)C3)cc1.CC.CC.CC. The summed E-state index contributed by atoms with van der Waals surface area (Å²) in [6.45, 7) is 31.0. The molecule has 3 aromatic carbocycles. The Labute approximate surface area is 344 Å². The van der Waals surface area contributed by atoms with E-state index in [2.05, 4.69) is 124 Å². The van der Waals surface area contributed by atoms with Gasteiger partial charge in [0, 0.05) is 24.7 Å². The molecule has 3 aliphatic rings. The van der Waals surface area contributed by atoms with E-state index in [1.54, 1.807) is 0 Å². The minimum Gasteiger partial charge on any atom is -0.488 e. The molecule has 2 aliphatic heterocycles. The van der Waals surface area contributed by atoms with Gasteiger partial charge in [0.25, 0.3) is 0 Å². The Morgan fingerprint density at radius 2 is 1.46 bits per heavy atom. The van der Waals surface area contributed by atoms with Crippen LogP contribution in [0.3, 0.4) is 0 Å². The first kappa shape index (κ1) is 48.5. The molecule has 0 radical (unpaired) electrons. The van der Waals surface area contributed by atoms with E-state index in [1.165, 1.54) is 46.4 Å². The van der Waals surface area contributed by atoms with Gasteiger partial charge >= 0.3 is 0 Å². The lowest BCUT2D eigenvalue weighted by molar-refractivity contribution is 0.00801. The van der Waals surface area contributed by atoms with Crippen LogP contribution in [0.25, 0.3) is 0 Å². The van der Waals surface area contributed by atoms with E-state index < -0.39 is 0 Å². The van der Waals surface area contributed by atoms with E-state index >= 15 is 0 Å². The number of fused-ring (bicyclic) bond motifs is 1. The number of allylic oxidation sites excluding steroid dienone is 6. The van der Waals surface area contributed by atoms with Gasteiger partial charge in [0.1, 0.15) is 11.4 Å². The molecule has 0 saturated carbocycles. The molecular formula is C52H79NO3. The zero-order valence-corrected chi connectivity index (χ0v) is 37.8. The molecule has 3 unspecified atom stereocenters. The standard InChI is InChI=1S/C42H53NO3.C4H8.3C2H6/c1-6-11-32(7-2)38-20-16-34-26-36(46-41(3,4)5)19-21-39(34)40(38)33-14-17-35(18-15-33)43-24-22-42(23-25-43)27-37(45-30-42)29-44-28-31-12-9-8-10-13-31;1-3-4-2;3*1-2/h6-15,17-19,21,26,37-38,40H,16,20,22-25,27-30H2,1-5H3;3-4H,1-2H3;3*1-2H3/b11-6-,32-7+;4-3-;;;. The van der Waals surface area contributed by atoms with Crippen LogP contribution >= 0.6 is 0 Å². The molecule has 0 N–H and O–H groups in total. The summed E-state index contributed by atoms with van der Waals surface area (Å²) in [7, 11) is 0. The van der Waals surface area contributed by atoms with Gasteiger partial charge in [0.05, 0.1) is 25.9 Å². The lowest BCUT2D eigenvalue weighted by atomic mass is 9.69. The number of anilines is 1. The van der Waals surface area contributed by atoms with Crippen molar-refractivity contribution >= 4 is 5.69 Å². The highest BCUT2D eigenvalue weighted by atomic mass is 16.5. The smallest absolute Gasteiger partial charge is 0.120 e. The van der Waals surface area contributed by atoms with E-state index in [0.29, 0.717) is 30.5 Å². The molecule has 3 aromatic rings. The highest BCUT2D eigenvalue weighted by molar-refractivity contribution is 5.53. The first-order valence-electron chi connectivity index (χ1n) is 21.9. The summed E-state index contributed by atoms with van der Waals surface area (Å²) in [6.07, 6.45) is 16.7. The fraction of sp³-hybridized carbons (Fsp3) is 0.538. The van der Waals surface area contributed by atoms with Gasteiger partial charge in [-0.2, -0.15) is 0 Å². The summed E-state index contributed by atoms with van der Waals surface area (Å²) >= 11 is 0. The predicted octanol–water partition coefficient (Wildman–Crippen LogP) is 14.3. The van der Waals surface area contributed by atoms with Crippen molar-refractivity contribution in [3.63, 3.8) is 0 Å². The third kappa shape index (κ3) is 14.4. The zero-order chi connectivity index (χ0) is 41.6. The Morgan fingerprint density at radius 3 is 2.04 bits per heavy atom. The maximum atomic E-state index is 6.26. The highest BCUT2D eigenvalue weighted by Gasteiger charge is 2.42. The number of nitrogens with zero attached hydrogens (tertiary/aromatic N) is 1. The van der Waals surface area contributed by atoms with Gasteiger partial charge in [-0.1, -0.05) is 120 Å². The van der Waals surface area contributed by atoms with Gasteiger partial charge in [0.2, 0.25) is 0 Å². The lowest BCUT2D eigenvalue weighted by Crippen LogP contribution is -2.40. The summed E-state index contributed by atoms with van der Waals surface area (Å²) in [4.78, 5) is 2.58. The van der Waals surface area contributed by atoms with E-state index in [0.717, 1.165) is 44.7 Å². The minimum atomic E-state index is -0.206.